The molecule has 1 aliphatic heterocycles. The van der Waals surface area contributed by atoms with E-state index in [1.807, 2.05) is 0 Å². The third-order valence-corrected chi connectivity index (χ3v) is 2.66. The summed E-state index contributed by atoms with van der Waals surface area (Å²) in [6, 6.07) is 0.531. The number of carbonyl (C=O) groups excluding carboxylic acids is 2. The maximum absolute atomic E-state index is 10.8. The Morgan fingerprint density at radius 1 is 1.57 bits per heavy atom. The lowest BCUT2D eigenvalue weighted by molar-refractivity contribution is -0.137. The number of hydrogen-bond donors (Lipinski definition) is 2. The van der Waals surface area contributed by atoms with Gasteiger partial charge in [0, 0.05) is 12.6 Å². The summed E-state index contributed by atoms with van der Waals surface area (Å²) in [7, 11) is 2.08. The van der Waals surface area contributed by atoms with Gasteiger partial charge in [-0.05, 0) is 32.9 Å². The van der Waals surface area contributed by atoms with E-state index < -0.39 is 11.8 Å². The molecule has 0 aliphatic carbocycles. The van der Waals surface area contributed by atoms with Crippen LogP contribution in [0.25, 0.3) is 0 Å². The summed E-state index contributed by atoms with van der Waals surface area (Å²) < 4.78 is 0. The largest absolute Gasteiger partial charge is 0.361 e. The van der Waals surface area contributed by atoms with Gasteiger partial charge in [-0.3, -0.25) is 9.59 Å². The Morgan fingerprint density at radius 2 is 2.29 bits per heavy atom. The van der Waals surface area contributed by atoms with Crippen LogP contribution in [0.5, 0.6) is 0 Å². The zero-order chi connectivity index (χ0) is 10.6. The Kier molecular flexibility index (Phi) is 3.88. The molecular weight excluding hydrogens is 182 g/mol. The Labute approximate surface area is 83.6 Å². The number of nitrogens with one attached hydrogen (secondary N) is 1. The Morgan fingerprint density at radius 3 is 2.79 bits per heavy atom. The molecule has 0 aromatic rings. The zero-order valence-corrected chi connectivity index (χ0v) is 8.45. The molecule has 80 valence electrons. The van der Waals surface area contributed by atoms with E-state index in [1.165, 1.54) is 12.8 Å². The summed E-state index contributed by atoms with van der Waals surface area (Å²) in [5.74, 6) is -1.60. The highest BCUT2D eigenvalue weighted by atomic mass is 16.2. The van der Waals surface area contributed by atoms with Crippen LogP contribution in [-0.4, -0.2) is 42.9 Å². The van der Waals surface area contributed by atoms with Gasteiger partial charge in [-0.25, -0.2) is 0 Å². The van der Waals surface area contributed by atoms with Crippen molar-refractivity contribution in [3.8, 4) is 0 Å². The lowest BCUT2D eigenvalue weighted by Gasteiger charge is -2.18. The molecule has 0 radical (unpaired) electrons. The Bertz CT molecular complexity index is 230. The SMILES string of the molecule is CN1CCCC1CCNC(=O)C(N)=O. The van der Waals surface area contributed by atoms with Crippen molar-refractivity contribution >= 4 is 11.8 Å². The topological polar surface area (TPSA) is 75.4 Å². The summed E-state index contributed by atoms with van der Waals surface area (Å²) in [4.78, 5) is 23.5. The van der Waals surface area contributed by atoms with Gasteiger partial charge in [-0.15, -0.1) is 0 Å². The van der Waals surface area contributed by atoms with E-state index in [1.54, 1.807) is 0 Å². The van der Waals surface area contributed by atoms with Gasteiger partial charge in [0.1, 0.15) is 0 Å². The van der Waals surface area contributed by atoms with Gasteiger partial charge in [-0.2, -0.15) is 0 Å². The first-order valence-corrected chi connectivity index (χ1v) is 4.89. The molecule has 1 rings (SSSR count). The van der Waals surface area contributed by atoms with Gasteiger partial charge < -0.3 is 16.0 Å². The molecule has 5 nitrogen and oxygen atoms in total. The molecule has 1 saturated heterocycles. The van der Waals surface area contributed by atoms with Crippen molar-refractivity contribution in [3.05, 3.63) is 0 Å². The van der Waals surface area contributed by atoms with Crippen molar-refractivity contribution in [2.45, 2.75) is 25.3 Å². The second-order valence-electron chi connectivity index (χ2n) is 3.69. The predicted molar refractivity (Wildman–Crippen MR) is 52.5 cm³/mol. The molecule has 1 aliphatic rings. The van der Waals surface area contributed by atoms with E-state index >= 15 is 0 Å². The quantitative estimate of drug-likeness (QED) is 0.577. The number of primary amides is 1. The van der Waals surface area contributed by atoms with Crippen molar-refractivity contribution in [2.24, 2.45) is 5.73 Å². The lowest BCUT2D eigenvalue weighted by Crippen LogP contribution is -2.38. The molecule has 3 N–H and O–H groups in total. The number of nitrogens with zero attached hydrogens (tertiary/aromatic N) is 1. The summed E-state index contributed by atoms with van der Waals surface area (Å²) in [5, 5.41) is 2.49. The summed E-state index contributed by atoms with van der Waals surface area (Å²) in [6.45, 7) is 1.64. The first kappa shape index (κ1) is 11.0. The number of carbonyl (C=O) groups is 2. The first-order valence-electron chi connectivity index (χ1n) is 4.89. The third kappa shape index (κ3) is 2.99. The average molecular weight is 199 g/mol. The zero-order valence-electron chi connectivity index (χ0n) is 8.45. The standard InChI is InChI=1S/C9H17N3O2/c1-12-6-2-3-7(12)4-5-11-9(14)8(10)13/h7H,2-6H2,1H3,(H2,10,13)(H,11,14). The molecule has 1 unspecified atom stereocenters. The van der Waals surface area contributed by atoms with Crippen LogP contribution in [0.15, 0.2) is 0 Å². The van der Waals surface area contributed by atoms with E-state index in [0.29, 0.717) is 12.6 Å². The highest BCUT2D eigenvalue weighted by Crippen LogP contribution is 2.16. The van der Waals surface area contributed by atoms with Gasteiger partial charge in [0.2, 0.25) is 0 Å². The molecule has 0 saturated carbocycles. The lowest BCUT2D eigenvalue weighted by atomic mass is 10.1. The molecule has 0 aromatic heterocycles. The summed E-state index contributed by atoms with van der Waals surface area (Å²) in [5.41, 5.74) is 4.80. The van der Waals surface area contributed by atoms with Gasteiger partial charge in [0.15, 0.2) is 0 Å². The van der Waals surface area contributed by atoms with E-state index in [9.17, 15) is 9.59 Å². The minimum atomic E-state index is -0.912. The number of hydrogen-bond acceptors (Lipinski definition) is 3. The van der Waals surface area contributed by atoms with Gasteiger partial charge in [-0.1, -0.05) is 0 Å². The van der Waals surface area contributed by atoms with Crippen molar-refractivity contribution in [1.82, 2.24) is 10.2 Å². The highest BCUT2D eigenvalue weighted by molar-refractivity contribution is 6.34. The molecule has 14 heavy (non-hydrogen) atoms. The van der Waals surface area contributed by atoms with E-state index in [0.717, 1.165) is 13.0 Å². The third-order valence-electron chi connectivity index (χ3n) is 2.66. The fraction of sp³-hybridized carbons (Fsp3) is 0.778. The summed E-state index contributed by atoms with van der Waals surface area (Å²) >= 11 is 0. The normalized spacial score (nSPS) is 22.2. The fourth-order valence-electron chi connectivity index (χ4n) is 1.78. The van der Waals surface area contributed by atoms with Gasteiger partial charge >= 0.3 is 11.8 Å². The monoisotopic (exact) mass is 199 g/mol. The smallest absolute Gasteiger partial charge is 0.309 e. The van der Waals surface area contributed by atoms with E-state index in [4.69, 9.17) is 5.73 Å². The molecule has 1 atom stereocenters. The van der Waals surface area contributed by atoms with Gasteiger partial charge in [0.25, 0.3) is 0 Å². The minimum Gasteiger partial charge on any atom is -0.361 e. The van der Waals surface area contributed by atoms with Crippen LogP contribution in [-0.2, 0) is 9.59 Å². The number of rotatable bonds is 3. The molecule has 2 amide bonds. The Hall–Kier alpha value is -1.10. The maximum atomic E-state index is 10.8. The second kappa shape index (κ2) is 4.95. The maximum Gasteiger partial charge on any atom is 0.309 e. The molecule has 1 heterocycles. The van der Waals surface area contributed by atoms with Crippen LogP contribution in [0, 0.1) is 0 Å². The van der Waals surface area contributed by atoms with Crippen LogP contribution in [0.1, 0.15) is 19.3 Å². The van der Waals surface area contributed by atoms with Crippen LogP contribution in [0.3, 0.4) is 0 Å². The van der Waals surface area contributed by atoms with Gasteiger partial charge in [0.05, 0.1) is 0 Å². The minimum absolute atomic E-state index is 0.525. The van der Waals surface area contributed by atoms with Crippen molar-refractivity contribution in [2.75, 3.05) is 20.1 Å². The van der Waals surface area contributed by atoms with E-state index in [2.05, 4.69) is 17.3 Å². The fourth-order valence-corrected chi connectivity index (χ4v) is 1.78. The molecule has 0 spiro atoms. The van der Waals surface area contributed by atoms with Crippen LogP contribution in [0.2, 0.25) is 0 Å². The van der Waals surface area contributed by atoms with Crippen LogP contribution >= 0.6 is 0 Å². The number of nitrogens with two attached hydrogens (primary N) is 1. The molecule has 0 aromatic carbocycles. The summed E-state index contributed by atoms with van der Waals surface area (Å²) in [6.07, 6.45) is 3.27. The van der Waals surface area contributed by atoms with Crippen LogP contribution in [0.4, 0.5) is 0 Å². The number of amides is 2. The second-order valence-corrected chi connectivity index (χ2v) is 3.69. The first-order chi connectivity index (χ1) is 6.61. The highest BCUT2D eigenvalue weighted by Gasteiger charge is 2.20. The molecule has 5 heteroatoms. The number of likely N-dealkylation sites (tertiary alicyclic amines) is 1. The van der Waals surface area contributed by atoms with Crippen molar-refractivity contribution < 1.29 is 9.59 Å². The predicted octanol–water partition coefficient (Wildman–Crippen LogP) is -0.928. The molecular formula is C9H17N3O2. The molecule has 0 bridgehead atoms. The molecule has 1 fully saturated rings. The van der Waals surface area contributed by atoms with Crippen molar-refractivity contribution in [1.29, 1.82) is 0 Å². The average Bonchev–Trinajstić information content (AvgIpc) is 2.51. The van der Waals surface area contributed by atoms with Crippen LogP contribution < -0.4 is 11.1 Å². The Balaban J connectivity index is 2.15. The van der Waals surface area contributed by atoms with Crippen molar-refractivity contribution in [3.63, 3.8) is 0 Å². The van der Waals surface area contributed by atoms with E-state index in [-0.39, 0.29) is 0 Å².